The number of amides is 1. The third-order valence-corrected chi connectivity index (χ3v) is 5.02. The Morgan fingerprint density at radius 1 is 1.09 bits per heavy atom. The van der Waals surface area contributed by atoms with Crippen LogP contribution in [0.1, 0.15) is 40.0 Å². The molecule has 0 bridgehead atoms. The van der Waals surface area contributed by atoms with E-state index in [-0.39, 0.29) is 30.6 Å². The number of alkyl halides is 3. The predicted octanol–water partition coefficient (Wildman–Crippen LogP) is 4.66. The summed E-state index contributed by atoms with van der Waals surface area (Å²) in [7, 11) is 3.04. The Bertz CT molecular complexity index is 1110. The second-order valence-corrected chi connectivity index (χ2v) is 7.48. The summed E-state index contributed by atoms with van der Waals surface area (Å²) in [6.07, 6.45) is -3.18. The lowest BCUT2D eigenvalue weighted by atomic mass is 10.1. The van der Waals surface area contributed by atoms with E-state index in [1.165, 1.54) is 26.5 Å². The predicted molar refractivity (Wildman–Crippen MR) is 118 cm³/mol. The molecule has 10 heteroatoms. The Morgan fingerprint density at radius 3 is 2.53 bits per heavy atom. The average molecular weight is 477 g/mol. The van der Waals surface area contributed by atoms with Gasteiger partial charge in [0.25, 0.3) is 5.91 Å². The van der Waals surface area contributed by atoms with Crippen LogP contribution in [0.5, 0.6) is 11.5 Å². The zero-order valence-corrected chi connectivity index (χ0v) is 19.1. The summed E-state index contributed by atoms with van der Waals surface area (Å²) in [6, 6.07) is 10.6. The standard InChI is InChI=1S/C24H26F3N3O4/c1-4-28-23(31)19-15-34-21(29-19)14-30(12-16-7-5-9-18(11-16)24(25,26)27)13-17-8-6-10-20(32-2)22(17)33-3/h5-11,15H,4,12-14H2,1-3H3,(H,28,31). The number of nitrogens with zero attached hydrogens (tertiary/aromatic N) is 2. The fourth-order valence-electron chi connectivity index (χ4n) is 3.52. The van der Waals surface area contributed by atoms with E-state index in [0.717, 1.165) is 17.7 Å². The molecule has 1 aromatic heterocycles. The van der Waals surface area contributed by atoms with Crippen molar-refractivity contribution in [2.75, 3.05) is 20.8 Å². The Hall–Kier alpha value is -3.53. The summed E-state index contributed by atoms with van der Waals surface area (Å²) in [5.74, 6) is 0.953. The average Bonchev–Trinajstić information content (AvgIpc) is 3.27. The number of rotatable bonds is 10. The highest BCUT2D eigenvalue weighted by Gasteiger charge is 2.30. The monoisotopic (exact) mass is 477 g/mol. The zero-order valence-electron chi connectivity index (χ0n) is 19.1. The van der Waals surface area contributed by atoms with Crippen molar-refractivity contribution in [2.24, 2.45) is 0 Å². The number of ether oxygens (including phenoxy) is 2. The van der Waals surface area contributed by atoms with Gasteiger partial charge in [-0.05, 0) is 24.6 Å². The van der Waals surface area contributed by atoms with Crippen molar-refractivity contribution < 1.29 is 31.9 Å². The molecule has 0 saturated heterocycles. The second kappa shape index (κ2) is 11.1. The van der Waals surface area contributed by atoms with Crippen LogP contribution in [-0.4, -0.2) is 36.6 Å². The van der Waals surface area contributed by atoms with Crippen molar-refractivity contribution in [2.45, 2.75) is 32.7 Å². The minimum atomic E-state index is -4.44. The number of hydrogen-bond donors (Lipinski definition) is 1. The molecule has 0 fully saturated rings. The second-order valence-electron chi connectivity index (χ2n) is 7.48. The van der Waals surface area contributed by atoms with Crippen LogP contribution in [0.4, 0.5) is 13.2 Å². The topological polar surface area (TPSA) is 76.8 Å². The van der Waals surface area contributed by atoms with E-state index >= 15 is 0 Å². The molecule has 7 nitrogen and oxygen atoms in total. The SMILES string of the molecule is CCNC(=O)c1coc(CN(Cc2cccc(C(F)(F)F)c2)Cc2cccc(OC)c2OC)n1. The molecule has 1 N–H and O–H groups in total. The van der Waals surface area contributed by atoms with Crippen LogP contribution < -0.4 is 14.8 Å². The number of carbonyl (C=O) groups excluding carboxylic acids is 1. The summed E-state index contributed by atoms with van der Waals surface area (Å²) in [5.41, 5.74) is 0.643. The molecule has 3 rings (SSSR count). The first-order chi connectivity index (χ1) is 16.2. The number of nitrogens with one attached hydrogen (secondary N) is 1. The number of halogens is 3. The van der Waals surface area contributed by atoms with E-state index in [9.17, 15) is 18.0 Å². The van der Waals surface area contributed by atoms with Crippen LogP contribution in [0.2, 0.25) is 0 Å². The van der Waals surface area contributed by atoms with Crippen molar-refractivity contribution >= 4 is 5.91 Å². The highest BCUT2D eigenvalue weighted by Crippen LogP contribution is 2.33. The third-order valence-electron chi connectivity index (χ3n) is 5.02. The normalized spacial score (nSPS) is 11.5. The van der Waals surface area contributed by atoms with Crippen LogP contribution in [-0.2, 0) is 25.8 Å². The van der Waals surface area contributed by atoms with Gasteiger partial charge in [-0.15, -0.1) is 0 Å². The van der Waals surface area contributed by atoms with Crippen LogP contribution in [0.15, 0.2) is 53.1 Å². The molecule has 3 aromatic rings. The van der Waals surface area contributed by atoms with E-state index in [0.29, 0.717) is 30.2 Å². The Balaban J connectivity index is 1.90. The summed E-state index contributed by atoms with van der Waals surface area (Å²) < 4.78 is 56.0. The number of methoxy groups -OCH3 is 2. The van der Waals surface area contributed by atoms with E-state index < -0.39 is 11.7 Å². The van der Waals surface area contributed by atoms with Gasteiger partial charge in [0.15, 0.2) is 17.2 Å². The van der Waals surface area contributed by atoms with Gasteiger partial charge >= 0.3 is 6.18 Å². The van der Waals surface area contributed by atoms with Gasteiger partial charge in [0.1, 0.15) is 6.26 Å². The highest BCUT2D eigenvalue weighted by molar-refractivity contribution is 5.91. The molecule has 0 saturated carbocycles. The summed E-state index contributed by atoms with van der Waals surface area (Å²) in [6.45, 7) is 2.85. The Labute approximate surface area is 195 Å². The first kappa shape index (κ1) is 25.1. The van der Waals surface area contributed by atoms with Gasteiger partial charge < -0.3 is 19.2 Å². The first-order valence-electron chi connectivity index (χ1n) is 10.6. The van der Waals surface area contributed by atoms with Gasteiger partial charge in [-0.2, -0.15) is 13.2 Å². The summed E-state index contributed by atoms with van der Waals surface area (Å²) in [4.78, 5) is 18.1. The van der Waals surface area contributed by atoms with Crippen molar-refractivity contribution in [3.8, 4) is 11.5 Å². The molecule has 0 aliphatic heterocycles. The largest absolute Gasteiger partial charge is 0.493 e. The number of aromatic nitrogens is 1. The molecule has 0 atom stereocenters. The molecular formula is C24H26F3N3O4. The maximum atomic E-state index is 13.2. The van der Waals surface area contributed by atoms with Crippen LogP contribution >= 0.6 is 0 Å². The highest BCUT2D eigenvalue weighted by atomic mass is 19.4. The molecule has 0 unspecified atom stereocenters. The van der Waals surface area contributed by atoms with Gasteiger partial charge in [0.05, 0.1) is 26.3 Å². The van der Waals surface area contributed by atoms with E-state index in [1.807, 2.05) is 11.0 Å². The minimum absolute atomic E-state index is 0.134. The number of para-hydroxylation sites is 1. The quantitative estimate of drug-likeness (QED) is 0.458. The molecule has 0 aliphatic carbocycles. The fraction of sp³-hybridized carbons (Fsp3) is 0.333. The molecule has 1 amide bonds. The van der Waals surface area contributed by atoms with Gasteiger partial charge in [0.2, 0.25) is 5.89 Å². The van der Waals surface area contributed by atoms with Crippen molar-refractivity contribution in [3.05, 3.63) is 77.0 Å². The number of benzene rings is 2. The fourth-order valence-corrected chi connectivity index (χ4v) is 3.52. The first-order valence-corrected chi connectivity index (χ1v) is 10.6. The van der Waals surface area contributed by atoms with E-state index in [4.69, 9.17) is 13.9 Å². The Kier molecular flexibility index (Phi) is 8.17. The van der Waals surface area contributed by atoms with Gasteiger partial charge in [-0.1, -0.05) is 30.3 Å². The van der Waals surface area contributed by atoms with E-state index in [1.54, 1.807) is 25.1 Å². The van der Waals surface area contributed by atoms with Crippen LogP contribution in [0, 0.1) is 0 Å². The zero-order chi connectivity index (χ0) is 24.7. The lowest BCUT2D eigenvalue weighted by Gasteiger charge is -2.23. The van der Waals surface area contributed by atoms with E-state index in [2.05, 4.69) is 10.3 Å². The number of hydrogen-bond acceptors (Lipinski definition) is 6. The number of carbonyl (C=O) groups is 1. The number of oxazole rings is 1. The Morgan fingerprint density at radius 2 is 1.85 bits per heavy atom. The maximum absolute atomic E-state index is 13.2. The lowest BCUT2D eigenvalue weighted by Crippen LogP contribution is -2.24. The summed E-state index contributed by atoms with van der Waals surface area (Å²) >= 11 is 0. The molecular weight excluding hydrogens is 451 g/mol. The molecule has 0 aliphatic rings. The van der Waals surface area contributed by atoms with Crippen molar-refractivity contribution in [1.29, 1.82) is 0 Å². The minimum Gasteiger partial charge on any atom is -0.493 e. The molecule has 182 valence electrons. The van der Waals surface area contributed by atoms with Crippen molar-refractivity contribution in [3.63, 3.8) is 0 Å². The molecule has 0 spiro atoms. The maximum Gasteiger partial charge on any atom is 0.416 e. The smallest absolute Gasteiger partial charge is 0.416 e. The van der Waals surface area contributed by atoms with Crippen molar-refractivity contribution in [1.82, 2.24) is 15.2 Å². The lowest BCUT2D eigenvalue weighted by molar-refractivity contribution is -0.137. The van der Waals surface area contributed by atoms with Gasteiger partial charge in [0, 0.05) is 25.2 Å². The van der Waals surface area contributed by atoms with Crippen LogP contribution in [0.3, 0.4) is 0 Å². The third kappa shape index (κ3) is 6.28. The molecule has 2 aromatic carbocycles. The van der Waals surface area contributed by atoms with Gasteiger partial charge in [-0.25, -0.2) is 4.98 Å². The molecule has 0 radical (unpaired) electrons. The summed E-state index contributed by atoms with van der Waals surface area (Å²) in [5, 5.41) is 2.64. The van der Waals surface area contributed by atoms with Crippen LogP contribution in [0.25, 0.3) is 0 Å². The molecule has 34 heavy (non-hydrogen) atoms. The van der Waals surface area contributed by atoms with Gasteiger partial charge in [-0.3, -0.25) is 9.69 Å². The molecule has 1 heterocycles.